The van der Waals surface area contributed by atoms with Gasteiger partial charge in [0.1, 0.15) is 0 Å². The van der Waals surface area contributed by atoms with Crippen LogP contribution in [0.5, 0.6) is 0 Å². The number of amides is 2. The minimum absolute atomic E-state index is 0.0551. The van der Waals surface area contributed by atoms with Crippen molar-refractivity contribution in [1.82, 2.24) is 14.5 Å². The van der Waals surface area contributed by atoms with Crippen LogP contribution in [0.1, 0.15) is 24.8 Å². The van der Waals surface area contributed by atoms with Crippen molar-refractivity contribution >= 4 is 35.3 Å². The van der Waals surface area contributed by atoms with Crippen LogP contribution in [-0.4, -0.2) is 55.0 Å². The van der Waals surface area contributed by atoms with Gasteiger partial charge in [-0.15, -0.1) is 0 Å². The first-order valence-electron chi connectivity index (χ1n) is 10.5. The molecule has 0 atom stereocenters. The molecule has 0 aromatic heterocycles. The fourth-order valence-electron chi connectivity index (χ4n) is 3.84. The Labute approximate surface area is 188 Å². The Balaban J connectivity index is 1.29. The number of urea groups is 1. The van der Waals surface area contributed by atoms with Gasteiger partial charge in [0.2, 0.25) is 0 Å². The maximum Gasteiger partial charge on any atom is 0.319 e. The quantitative estimate of drug-likeness (QED) is 0.626. The summed E-state index contributed by atoms with van der Waals surface area (Å²) in [7, 11) is 2.18. The average molecular weight is 445 g/mol. The number of halogens is 1. The molecule has 2 aromatic rings. The molecule has 160 valence electrons. The number of rotatable bonds is 6. The molecule has 2 aromatic carbocycles. The van der Waals surface area contributed by atoms with Gasteiger partial charge in [0.15, 0.2) is 0 Å². The number of anilines is 1. The second-order valence-corrected chi connectivity index (χ2v) is 9.91. The van der Waals surface area contributed by atoms with Gasteiger partial charge in [-0.25, -0.2) is 9.10 Å². The average Bonchev–Trinajstić information content (AvgIpc) is 3.54. The van der Waals surface area contributed by atoms with E-state index in [1.54, 1.807) is 11.9 Å². The normalized spacial score (nSPS) is 19.1. The Bertz CT molecular complexity index is 872. The summed E-state index contributed by atoms with van der Waals surface area (Å²) < 4.78 is 2.41. The Morgan fingerprint density at radius 3 is 2.67 bits per heavy atom. The van der Waals surface area contributed by atoms with Crippen LogP contribution in [0.4, 0.5) is 10.5 Å². The maximum atomic E-state index is 12.5. The summed E-state index contributed by atoms with van der Waals surface area (Å²) in [6.45, 7) is 5.00. The fraction of sp³-hybridized carbons (Fsp3) is 0.435. The number of hydrogen-bond donors (Lipinski definition) is 2. The standard InChI is InChI=1S/C23H29ClN4OS/c1-27-12-3-13-28(15-14-27)30-21-5-2-4-20(16-21)26-22(29)25-17-23(10-11-23)18-6-8-19(24)9-7-18/h2,4-9,16H,3,10-15,17H2,1H3,(H2,25,26,29). The highest BCUT2D eigenvalue weighted by Gasteiger charge is 2.44. The van der Waals surface area contributed by atoms with Crippen molar-refractivity contribution in [3.8, 4) is 0 Å². The summed E-state index contributed by atoms with van der Waals surface area (Å²) in [6, 6.07) is 15.9. The Morgan fingerprint density at radius 1 is 1.10 bits per heavy atom. The Hall–Kier alpha value is -1.73. The first kappa shape index (κ1) is 21.5. The zero-order chi connectivity index (χ0) is 21.0. The van der Waals surface area contributed by atoms with Crippen LogP contribution >= 0.6 is 23.5 Å². The minimum atomic E-state index is -0.159. The van der Waals surface area contributed by atoms with Gasteiger partial charge in [0, 0.05) is 47.2 Å². The number of nitrogens with one attached hydrogen (secondary N) is 2. The van der Waals surface area contributed by atoms with Crippen LogP contribution < -0.4 is 10.6 Å². The van der Waals surface area contributed by atoms with Crippen LogP contribution in [0.25, 0.3) is 0 Å². The van der Waals surface area contributed by atoms with E-state index in [0.717, 1.165) is 54.6 Å². The molecular formula is C23H29ClN4OS. The zero-order valence-corrected chi connectivity index (χ0v) is 18.9. The van der Waals surface area contributed by atoms with E-state index in [2.05, 4.69) is 45.1 Å². The molecule has 5 nitrogen and oxygen atoms in total. The molecule has 4 rings (SSSR count). The summed E-state index contributed by atoms with van der Waals surface area (Å²) in [5.41, 5.74) is 2.12. The molecule has 2 N–H and O–H groups in total. The molecule has 7 heteroatoms. The third kappa shape index (κ3) is 5.70. The lowest BCUT2D eigenvalue weighted by atomic mass is 9.96. The van der Waals surface area contributed by atoms with Crippen molar-refractivity contribution < 1.29 is 4.79 Å². The SMILES string of the molecule is CN1CCCN(Sc2cccc(NC(=O)NCC3(c4ccc(Cl)cc4)CC3)c2)CC1. The van der Waals surface area contributed by atoms with Crippen LogP contribution in [0.3, 0.4) is 0 Å². The highest BCUT2D eigenvalue weighted by atomic mass is 35.5. The lowest BCUT2D eigenvalue weighted by molar-refractivity contribution is 0.251. The third-order valence-electron chi connectivity index (χ3n) is 5.90. The van der Waals surface area contributed by atoms with E-state index in [9.17, 15) is 4.79 Å². The molecule has 0 spiro atoms. The number of nitrogens with zero attached hydrogens (tertiary/aromatic N) is 2. The molecule has 1 aliphatic carbocycles. The number of carbonyl (C=O) groups excluding carboxylic acids is 1. The molecule has 2 fully saturated rings. The summed E-state index contributed by atoms with van der Waals surface area (Å²) in [4.78, 5) is 16.0. The van der Waals surface area contributed by atoms with E-state index in [1.807, 2.05) is 30.3 Å². The maximum absolute atomic E-state index is 12.5. The van der Waals surface area contributed by atoms with Crippen molar-refractivity contribution in [2.45, 2.75) is 29.6 Å². The van der Waals surface area contributed by atoms with E-state index in [0.29, 0.717) is 6.54 Å². The Morgan fingerprint density at radius 2 is 1.90 bits per heavy atom. The largest absolute Gasteiger partial charge is 0.337 e. The van der Waals surface area contributed by atoms with Crippen molar-refractivity contribution in [1.29, 1.82) is 0 Å². The van der Waals surface area contributed by atoms with Crippen LogP contribution in [0.15, 0.2) is 53.4 Å². The lowest BCUT2D eigenvalue weighted by Crippen LogP contribution is -2.35. The van der Waals surface area contributed by atoms with E-state index < -0.39 is 0 Å². The van der Waals surface area contributed by atoms with Gasteiger partial charge < -0.3 is 15.5 Å². The van der Waals surface area contributed by atoms with E-state index in [-0.39, 0.29) is 11.4 Å². The van der Waals surface area contributed by atoms with Crippen LogP contribution in [0.2, 0.25) is 5.02 Å². The van der Waals surface area contributed by atoms with Gasteiger partial charge in [-0.2, -0.15) is 0 Å². The summed E-state index contributed by atoms with van der Waals surface area (Å²) >= 11 is 7.77. The monoisotopic (exact) mass is 444 g/mol. The molecule has 1 heterocycles. The molecule has 0 bridgehead atoms. The number of hydrogen-bond acceptors (Lipinski definition) is 4. The van der Waals surface area contributed by atoms with Gasteiger partial charge >= 0.3 is 6.03 Å². The molecule has 30 heavy (non-hydrogen) atoms. The molecule has 2 aliphatic rings. The summed E-state index contributed by atoms with van der Waals surface area (Å²) in [5, 5.41) is 6.78. The second kappa shape index (κ2) is 9.60. The third-order valence-corrected chi connectivity index (χ3v) is 7.24. The van der Waals surface area contributed by atoms with Crippen LogP contribution in [-0.2, 0) is 5.41 Å². The summed E-state index contributed by atoms with van der Waals surface area (Å²) in [5.74, 6) is 0. The highest BCUT2D eigenvalue weighted by molar-refractivity contribution is 7.97. The van der Waals surface area contributed by atoms with Crippen molar-refractivity contribution in [3.63, 3.8) is 0 Å². The van der Waals surface area contributed by atoms with Gasteiger partial charge in [-0.05, 0) is 80.7 Å². The predicted octanol–water partition coefficient (Wildman–Crippen LogP) is 4.84. The second-order valence-electron chi connectivity index (χ2n) is 8.30. The predicted molar refractivity (Wildman–Crippen MR) is 125 cm³/mol. The highest BCUT2D eigenvalue weighted by Crippen LogP contribution is 2.47. The molecule has 2 amide bonds. The first-order chi connectivity index (χ1) is 14.5. The van der Waals surface area contributed by atoms with Crippen molar-refractivity contribution in [3.05, 3.63) is 59.1 Å². The van der Waals surface area contributed by atoms with E-state index >= 15 is 0 Å². The molecule has 1 saturated carbocycles. The smallest absolute Gasteiger partial charge is 0.319 e. The Kier molecular flexibility index (Phi) is 6.88. The van der Waals surface area contributed by atoms with Gasteiger partial charge in [-0.1, -0.05) is 29.8 Å². The molecule has 0 radical (unpaired) electrons. The minimum Gasteiger partial charge on any atom is -0.337 e. The van der Waals surface area contributed by atoms with Gasteiger partial charge in [-0.3, -0.25) is 0 Å². The molecule has 1 saturated heterocycles. The van der Waals surface area contributed by atoms with E-state index in [4.69, 9.17) is 11.6 Å². The van der Waals surface area contributed by atoms with Crippen molar-refractivity contribution in [2.24, 2.45) is 0 Å². The van der Waals surface area contributed by atoms with Gasteiger partial charge in [0.25, 0.3) is 0 Å². The number of likely N-dealkylation sites (N-methyl/N-ethyl adjacent to an activating group) is 1. The molecule has 0 unspecified atom stereocenters. The summed E-state index contributed by atoms with van der Waals surface area (Å²) in [6.07, 6.45) is 3.36. The molecule has 1 aliphatic heterocycles. The first-order valence-corrected chi connectivity index (χ1v) is 11.7. The topological polar surface area (TPSA) is 47.6 Å². The lowest BCUT2D eigenvalue weighted by Gasteiger charge is -2.19. The van der Waals surface area contributed by atoms with Gasteiger partial charge in [0.05, 0.1) is 0 Å². The number of benzene rings is 2. The zero-order valence-electron chi connectivity index (χ0n) is 17.4. The van der Waals surface area contributed by atoms with E-state index in [1.165, 1.54) is 12.0 Å². The van der Waals surface area contributed by atoms with Crippen molar-refractivity contribution in [2.75, 3.05) is 45.1 Å². The van der Waals surface area contributed by atoms with Crippen LogP contribution in [0, 0.1) is 0 Å². The molecular weight excluding hydrogens is 416 g/mol. The fourth-order valence-corrected chi connectivity index (χ4v) is 4.98. The number of carbonyl (C=O) groups is 1.